The van der Waals surface area contributed by atoms with E-state index in [1.807, 2.05) is 17.5 Å². The smallest absolute Gasteiger partial charge is 0.267 e. The van der Waals surface area contributed by atoms with Gasteiger partial charge in [0.25, 0.3) is 5.91 Å². The van der Waals surface area contributed by atoms with Gasteiger partial charge in [0.15, 0.2) is 0 Å². The van der Waals surface area contributed by atoms with E-state index in [9.17, 15) is 9.18 Å². The first kappa shape index (κ1) is 15.7. The molecule has 0 N–H and O–H groups in total. The third-order valence-corrected chi connectivity index (χ3v) is 5.02. The van der Waals surface area contributed by atoms with Crippen LogP contribution in [-0.4, -0.2) is 21.6 Å². The molecule has 25 heavy (non-hydrogen) atoms. The Morgan fingerprint density at radius 2 is 1.88 bits per heavy atom. The summed E-state index contributed by atoms with van der Waals surface area (Å²) in [5, 5.41) is 8.07. The number of aromatic nitrogens is 1. The molecule has 1 aromatic carbocycles. The normalized spacial score (nSPS) is 16.8. The SMILES string of the molecule is O=C(c1ccncc1)N1N=C(c2cccs2)C[C@@H]1c1ccc(F)cc1. The molecule has 2 aromatic heterocycles. The van der Waals surface area contributed by atoms with E-state index in [0.29, 0.717) is 12.0 Å². The van der Waals surface area contributed by atoms with Crippen LogP contribution < -0.4 is 0 Å². The molecule has 0 saturated heterocycles. The Bertz CT molecular complexity index is 908. The molecule has 0 radical (unpaired) electrons. The molecule has 3 heterocycles. The van der Waals surface area contributed by atoms with Crippen LogP contribution in [0.25, 0.3) is 0 Å². The first-order chi connectivity index (χ1) is 12.2. The number of nitrogens with zero attached hydrogens (tertiary/aromatic N) is 3. The fourth-order valence-electron chi connectivity index (χ4n) is 2.86. The lowest BCUT2D eigenvalue weighted by molar-refractivity contribution is 0.0711. The Balaban J connectivity index is 1.72. The molecule has 1 aliphatic rings. The van der Waals surface area contributed by atoms with Gasteiger partial charge in [-0.25, -0.2) is 9.40 Å². The third kappa shape index (κ3) is 3.08. The molecule has 4 rings (SSSR count). The van der Waals surface area contributed by atoms with Gasteiger partial charge in [0.2, 0.25) is 0 Å². The average Bonchev–Trinajstić information content (AvgIpc) is 3.32. The van der Waals surface area contributed by atoms with Crippen molar-refractivity contribution < 1.29 is 9.18 Å². The van der Waals surface area contributed by atoms with Crippen molar-refractivity contribution in [3.63, 3.8) is 0 Å². The van der Waals surface area contributed by atoms with Crippen molar-refractivity contribution in [1.82, 2.24) is 9.99 Å². The highest BCUT2D eigenvalue weighted by Gasteiger charge is 2.33. The van der Waals surface area contributed by atoms with E-state index >= 15 is 0 Å². The highest BCUT2D eigenvalue weighted by atomic mass is 32.1. The number of hydrogen-bond acceptors (Lipinski definition) is 4. The molecule has 1 atom stereocenters. The number of amides is 1. The number of benzene rings is 1. The predicted octanol–water partition coefficient (Wildman–Crippen LogP) is 4.27. The Labute approximate surface area is 148 Å². The summed E-state index contributed by atoms with van der Waals surface area (Å²) >= 11 is 1.59. The molecule has 6 heteroatoms. The van der Waals surface area contributed by atoms with E-state index in [1.54, 1.807) is 48.0 Å². The topological polar surface area (TPSA) is 45.6 Å². The molecule has 4 nitrogen and oxygen atoms in total. The van der Waals surface area contributed by atoms with Gasteiger partial charge in [-0.15, -0.1) is 11.3 Å². The van der Waals surface area contributed by atoms with Crippen molar-refractivity contribution in [2.24, 2.45) is 5.10 Å². The van der Waals surface area contributed by atoms with Crippen LogP contribution in [0.3, 0.4) is 0 Å². The fourth-order valence-corrected chi connectivity index (χ4v) is 3.58. The number of carbonyl (C=O) groups excluding carboxylic acids is 1. The second-order valence-electron chi connectivity index (χ2n) is 5.68. The molecule has 0 bridgehead atoms. The molecule has 1 amide bonds. The van der Waals surface area contributed by atoms with Crippen molar-refractivity contribution >= 4 is 23.0 Å². The lowest BCUT2D eigenvalue weighted by Gasteiger charge is -2.22. The molecule has 0 fully saturated rings. The van der Waals surface area contributed by atoms with E-state index in [1.165, 1.54) is 17.1 Å². The average molecular weight is 351 g/mol. The standard InChI is InChI=1S/C19H14FN3OS/c20-15-5-3-13(4-6-15)17-12-16(18-2-1-11-25-18)22-23(17)19(24)14-7-9-21-10-8-14/h1-11,17H,12H2/t17-/m1/s1. The summed E-state index contributed by atoms with van der Waals surface area (Å²) in [6.45, 7) is 0. The van der Waals surface area contributed by atoms with Crippen LogP contribution in [0.2, 0.25) is 0 Å². The summed E-state index contributed by atoms with van der Waals surface area (Å²) in [6.07, 6.45) is 3.77. The molecular weight excluding hydrogens is 337 g/mol. The van der Waals surface area contributed by atoms with Crippen LogP contribution >= 0.6 is 11.3 Å². The third-order valence-electron chi connectivity index (χ3n) is 4.11. The van der Waals surface area contributed by atoms with Gasteiger partial charge in [-0.2, -0.15) is 5.10 Å². The van der Waals surface area contributed by atoms with Crippen molar-refractivity contribution in [1.29, 1.82) is 0 Å². The minimum Gasteiger partial charge on any atom is -0.267 e. The van der Waals surface area contributed by atoms with E-state index in [0.717, 1.165) is 16.2 Å². The van der Waals surface area contributed by atoms with E-state index < -0.39 is 0 Å². The summed E-state index contributed by atoms with van der Waals surface area (Å²) in [5.41, 5.74) is 2.25. The second-order valence-corrected chi connectivity index (χ2v) is 6.63. The van der Waals surface area contributed by atoms with Crippen LogP contribution in [0, 0.1) is 5.82 Å². The molecule has 1 aliphatic heterocycles. The Hall–Kier alpha value is -2.86. The molecule has 124 valence electrons. The monoisotopic (exact) mass is 351 g/mol. The van der Waals surface area contributed by atoms with E-state index in [-0.39, 0.29) is 17.8 Å². The van der Waals surface area contributed by atoms with Gasteiger partial charge in [-0.3, -0.25) is 9.78 Å². The Morgan fingerprint density at radius 3 is 2.56 bits per heavy atom. The van der Waals surface area contributed by atoms with Gasteiger partial charge in [-0.05, 0) is 41.3 Å². The predicted molar refractivity (Wildman–Crippen MR) is 95.0 cm³/mol. The number of hydrogen-bond donors (Lipinski definition) is 0. The lowest BCUT2D eigenvalue weighted by atomic mass is 10.0. The number of halogens is 1. The molecule has 0 aliphatic carbocycles. The van der Waals surface area contributed by atoms with Crippen LogP contribution in [0.4, 0.5) is 4.39 Å². The maximum Gasteiger partial charge on any atom is 0.274 e. The Morgan fingerprint density at radius 1 is 1.12 bits per heavy atom. The highest BCUT2D eigenvalue weighted by molar-refractivity contribution is 7.12. The highest BCUT2D eigenvalue weighted by Crippen LogP contribution is 2.34. The zero-order valence-electron chi connectivity index (χ0n) is 13.2. The quantitative estimate of drug-likeness (QED) is 0.707. The van der Waals surface area contributed by atoms with Crippen LogP contribution in [0.15, 0.2) is 71.4 Å². The minimum absolute atomic E-state index is 0.191. The number of thiophene rings is 1. The maximum atomic E-state index is 13.3. The van der Waals surface area contributed by atoms with Gasteiger partial charge in [-0.1, -0.05) is 18.2 Å². The fraction of sp³-hybridized carbons (Fsp3) is 0.105. The maximum absolute atomic E-state index is 13.3. The molecule has 0 saturated carbocycles. The van der Waals surface area contributed by atoms with Crippen molar-refractivity contribution in [3.05, 3.63) is 88.1 Å². The molecule has 0 unspecified atom stereocenters. The van der Waals surface area contributed by atoms with E-state index in [4.69, 9.17) is 0 Å². The van der Waals surface area contributed by atoms with E-state index in [2.05, 4.69) is 10.1 Å². The second kappa shape index (κ2) is 6.57. The van der Waals surface area contributed by atoms with Crippen LogP contribution in [0.1, 0.15) is 33.3 Å². The summed E-state index contributed by atoms with van der Waals surface area (Å²) in [5.74, 6) is -0.489. The largest absolute Gasteiger partial charge is 0.274 e. The first-order valence-corrected chi connectivity index (χ1v) is 8.71. The van der Waals surface area contributed by atoms with Gasteiger partial charge in [0.1, 0.15) is 5.82 Å². The number of hydrazone groups is 1. The van der Waals surface area contributed by atoms with Crippen molar-refractivity contribution in [2.45, 2.75) is 12.5 Å². The minimum atomic E-state index is -0.298. The summed E-state index contributed by atoms with van der Waals surface area (Å²) in [7, 11) is 0. The Kier molecular flexibility index (Phi) is 4.11. The zero-order valence-corrected chi connectivity index (χ0v) is 14.0. The van der Waals surface area contributed by atoms with Crippen LogP contribution in [0.5, 0.6) is 0 Å². The number of carbonyl (C=O) groups is 1. The van der Waals surface area contributed by atoms with Crippen molar-refractivity contribution in [3.8, 4) is 0 Å². The lowest BCUT2D eigenvalue weighted by Crippen LogP contribution is -2.27. The number of rotatable bonds is 3. The zero-order chi connectivity index (χ0) is 17.2. The van der Waals surface area contributed by atoms with Gasteiger partial charge >= 0.3 is 0 Å². The van der Waals surface area contributed by atoms with Crippen molar-refractivity contribution in [2.75, 3.05) is 0 Å². The molecule has 0 spiro atoms. The number of pyridine rings is 1. The molecule has 3 aromatic rings. The van der Waals surface area contributed by atoms with Gasteiger partial charge in [0.05, 0.1) is 16.6 Å². The summed E-state index contributed by atoms with van der Waals surface area (Å²) in [6, 6.07) is 13.3. The first-order valence-electron chi connectivity index (χ1n) is 7.83. The molecular formula is C19H14FN3OS. The summed E-state index contributed by atoms with van der Waals surface area (Å²) < 4.78 is 13.3. The van der Waals surface area contributed by atoms with Crippen LogP contribution in [-0.2, 0) is 0 Å². The summed E-state index contributed by atoms with van der Waals surface area (Å²) in [4.78, 5) is 17.9. The van der Waals surface area contributed by atoms with Gasteiger partial charge in [0, 0.05) is 24.4 Å². The van der Waals surface area contributed by atoms with Gasteiger partial charge < -0.3 is 0 Å².